The lowest BCUT2D eigenvalue weighted by molar-refractivity contribution is -0.140. The summed E-state index contributed by atoms with van der Waals surface area (Å²) in [6, 6.07) is 17.9. The zero-order valence-corrected chi connectivity index (χ0v) is 13.7. The molecule has 124 valence electrons. The van der Waals surface area contributed by atoms with Gasteiger partial charge in [-0.3, -0.25) is 9.69 Å². The van der Waals surface area contributed by atoms with E-state index in [1.807, 2.05) is 30.3 Å². The Morgan fingerprint density at radius 2 is 1.88 bits per heavy atom. The molecule has 0 aromatic heterocycles. The van der Waals surface area contributed by atoms with Gasteiger partial charge < -0.3 is 10.5 Å². The zero-order valence-electron chi connectivity index (χ0n) is 13.7. The SMILES string of the molecule is NC(=O)C(c1ccccc1)N1CCOC2(CCc3ccccc32)C1. The van der Waals surface area contributed by atoms with Gasteiger partial charge in [-0.05, 0) is 29.5 Å². The van der Waals surface area contributed by atoms with Crippen molar-refractivity contribution in [1.29, 1.82) is 0 Å². The van der Waals surface area contributed by atoms with Crippen LogP contribution in [0.4, 0.5) is 0 Å². The smallest absolute Gasteiger partial charge is 0.239 e. The Labute approximate surface area is 142 Å². The van der Waals surface area contributed by atoms with Gasteiger partial charge in [-0.1, -0.05) is 54.6 Å². The summed E-state index contributed by atoms with van der Waals surface area (Å²) in [6.07, 6.45) is 1.99. The van der Waals surface area contributed by atoms with Crippen molar-refractivity contribution in [2.45, 2.75) is 24.5 Å². The first-order chi connectivity index (χ1) is 11.7. The van der Waals surface area contributed by atoms with Gasteiger partial charge in [0, 0.05) is 13.1 Å². The second-order valence-electron chi connectivity index (χ2n) is 6.69. The lowest BCUT2D eigenvalue weighted by Gasteiger charge is -2.43. The maximum absolute atomic E-state index is 12.2. The molecule has 1 saturated heterocycles. The molecule has 24 heavy (non-hydrogen) atoms. The molecule has 4 nitrogen and oxygen atoms in total. The number of carbonyl (C=O) groups is 1. The van der Waals surface area contributed by atoms with Crippen LogP contribution in [0, 0.1) is 0 Å². The molecule has 4 rings (SSSR count). The van der Waals surface area contributed by atoms with E-state index >= 15 is 0 Å². The third-order valence-electron chi connectivity index (χ3n) is 5.27. The number of nitrogens with zero attached hydrogens (tertiary/aromatic N) is 1. The lowest BCUT2D eigenvalue weighted by Crippen LogP contribution is -2.52. The Hall–Kier alpha value is -2.17. The van der Waals surface area contributed by atoms with Gasteiger partial charge in [-0.15, -0.1) is 0 Å². The Morgan fingerprint density at radius 3 is 2.67 bits per heavy atom. The lowest BCUT2D eigenvalue weighted by atomic mass is 9.92. The third kappa shape index (κ3) is 2.52. The number of rotatable bonds is 3. The van der Waals surface area contributed by atoms with Gasteiger partial charge in [0.2, 0.25) is 5.91 Å². The average Bonchev–Trinajstić information content (AvgIpc) is 2.94. The number of primary amides is 1. The number of aryl methyl sites for hydroxylation is 1. The molecule has 4 heteroatoms. The summed E-state index contributed by atoms with van der Waals surface area (Å²) in [6.45, 7) is 2.03. The average molecular weight is 322 g/mol. The highest BCUT2D eigenvalue weighted by Gasteiger charge is 2.45. The van der Waals surface area contributed by atoms with Crippen molar-refractivity contribution >= 4 is 5.91 Å². The van der Waals surface area contributed by atoms with Crippen LogP contribution in [0.1, 0.15) is 29.2 Å². The predicted molar refractivity (Wildman–Crippen MR) is 92.3 cm³/mol. The molecule has 2 N–H and O–H groups in total. The van der Waals surface area contributed by atoms with E-state index in [9.17, 15) is 4.79 Å². The van der Waals surface area contributed by atoms with Crippen LogP contribution in [0.3, 0.4) is 0 Å². The highest BCUT2D eigenvalue weighted by Crippen LogP contribution is 2.43. The maximum Gasteiger partial charge on any atom is 0.239 e. The number of nitrogens with two attached hydrogens (primary N) is 1. The van der Waals surface area contributed by atoms with Gasteiger partial charge in [0.25, 0.3) is 0 Å². The van der Waals surface area contributed by atoms with Crippen LogP contribution in [-0.4, -0.2) is 30.5 Å². The molecule has 2 aromatic carbocycles. The zero-order chi connectivity index (χ0) is 16.6. The van der Waals surface area contributed by atoms with Crippen molar-refractivity contribution in [3.63, 3.8) is 0 Å². The topological polar surface area (TPSA) is 55.6 Å². The fourth-order valence-corrected chi connectivity index (χ4v) is 4.19. The van der Waals surface area contributed by atoms with Crippen LogP contribution in [0.15, 0.2) is 54.6 Å². The molecule has 1 heterocycles. The van der Waals surface area contributed by atoms with Gasteiger partial charge in [0.1, 0.15) is 11.6 Å². The fraction of sp³-hybridized carbons (Fsp3) is 0.350. The van der Waals surface area contributed by atoms with E-state index in [4.69, 9.17) is 10.5 Å². The molecule has 2 aliphatic rings. The molecule has 0 radical (unpaired) electrons. The molecule has 1 amide bonds. The number of hydrogen-bond acceptors (Lipinski definition) is 3. The minimum atomic E-state index is -0.403. The van der Waals surface area contributed by atoms with Crippen molar-refractivity contribution in [1.82, 2.24) is 4.90 Å². The number of hydrogen-bond donors (Lipinski definition) is 1. The monoisotopic (exact) mass is 322 g/mol. The largest absolute Gasteiger partial charge is 0.368 e. The number of morpholine rings is 1. The van der Waals surface area contributed by atoms with E-state index in [1.54, 1.807) is 0 Å². The van der Waals surface area contributed by atoms with Crippen molar-refractivity contribution in [2.75, 3.05) is 19.7 Å². The molecular weight excluding hydrogens is 300 g/mol. The number of fused-ring (bicyclic) bond motifs is 2. The summed E-state index contributed by atoms with van der Waals surface area (Å²) in [4.78, 5) is 14.4. The van der Waals surface area contributed by atoms with E-state index < -0.39 is 6.04 Å². The van der Waals surface area contributed by atoms with Gasteiger partial charge in [-0.2, -0.15) is 0 Å². The molecule has 2 aromatic rings. The second kappa shape index (κ2) is 6.04. The molecule has 1 aliphatic heterocycles. The Bertz CT molecular complexity index is 742. The molecular formula is C20H22N2O2. The summed E-state index contributed by atoms with van der Waals surface area (Å²) >= 11 is 0. The fourth-order valence-electron chi connectivity index (χ4n) is 4.19. The molecule has 0 saturated carbocycles. The summed E-state index contributed by atoms with van der Waals surface area (Å²) in [5.74, 6) is -0.301. The first-order valence-electron chi connectivity index (χ1n) is 8.50. The Morgan fingerprint density at radius 1 is 1.12 bits per heavy atom. The van der Waals surface area contributed by atoms with E-state index in [0.717, 1.165) is 18.4 Å². The van der Waals surface area contributed by atoms with Crippen molar-refractivity contribution < 1.29 is 9.53 Å². The molecule has 2 atom stereocenters. The van der Waals surface area contributed by atoms with Crippen LogP contribution in [0.5, 0.6) is 0 Å². The van der Waals surface area contributed by atoms with Crippen molar-refractivity contribution in [3.8, 4) is 0 Å². The van der Waals surface area contributed by atoms with Crippen LogP contribution in [-0.2, 0) is 21.6 Å². The summed E-state index contributed by atoms with van der Waals surface area (Å²) in [5, 5.41) is 0. The maximum atomic E-state index is 12.2. The van der Waals surface area contributed by atoms with Gasteiger partial charge in [0.05, 0.1) is 6.61 Å². The molecule has 2 unspecified atom stereocenters. The standard InChI is InChI=1S/C20H22N2O2/c21-19(23)18(16-7-2-1-3-8-16)22-12-13-24-20(14-22)11-10-15-6-4-5-9-17(15)20/h1-9,18H,10-14H2,(H2,21,23). The number of amides is 1. The predicted octanol–water partition coefficient (Wildman–Crippen LogP) is 2.39. The van der Waals surface area contributed by atoms with Gasteiger partial charge >= 0.3 is 0 Å². The highest BCUT2D eigenvalue weighted by molar-refractivity contribution is 5.81. The first kappa shape index (κ1) is 15.4. The van der Waals surface area contributed by atoms with Crippen LogP contribution in [0.2, 0.25) is 0 Å². The van der Waals surface area contributed by atoms with Crippen LogP contribution >= 0.6 is 0 Å². The van der Waals surface area contributed by atoms with Gasteiger partial charge in [0.15, 0.2) is 0 Å². The molecule has 1 fully saturated rings. The Kier molecular flexibility index (Phi) is 3.87. The summed E-state index contributed by atoms with van der Waals surface area (Å²) in [5.41, 5.74) is 9.03. The third-order valence-corrected chi connectivity index (χ3v) is 5.27. The quantitative estimate of drug-likeness (QED) is 0.944. The molecule has 1 aliphatic carbocycles. The first-order valence-corrected chi connectivity index (χ1v) is 8.50. The minimum Gasteiger partial charge on any atom is -0.368 e. The minimum absolute atomic E-state index is 0.301. The van der Waals surface area contributed by atoms with Crippen molar-refractivity contribution in [2.24, 2.45) is 5.73 Å². The summed E-state index contributed by atoms with van der Waals surface area (Å²) in [7, 11) is 0. The number of carbonyl (C=O) groups excluding carboxylic acids is 1. The van der Waals surface area contributed by atoms with Crippen molar-refractivity contribution in [3.05, 3.63) is 71.3 Å². The number of benzene rings is 2. The Balaban J connectivity index is 1.67. The van der Waals surface area contributed by atoms with Crippen LogP contribution < -0.4 is 5.73 Å². The summed E-state index contributed by atoms with van der Waals surface area (Å²) < 4.78 is 6.26. The normalized spacial score (nSPS) is 24.7. The van der Waals surface area contributed by atoms with Crippen LogP contribution in [0.25, 0.3) is 0 Å². The van der Waals surface area contributed by atoms with Gasteiger partial charge in [-0.25, -0.2) is 0 Å². The number of ether oxygens (including phenoxy) is 1. The highest BCUT2D eigenvalue weighted by atomic mass is 16.5. The van der Waals surface area contributed by atoms with E-state index in [0.29, 0.717) is 19.7 Å². The van der Waals surface area contributed by atoms with E-state index in [1.165, 1.54) is 11.1 Å². The second-order valence-corrected chi connectivity index (χ2v) is 6.69. The molecule has 0 bridgehead atoms. The molecule has 1 spiro atoms. The van der Waals surface area contributed by atoms with E-state index in [2.05, 4.69) is 29.2 Å². The van der Waals surface area contributed by atoms with E-state index in [-0.39, 0.29) is 11.5 Å².